The van der Waals surface area contributed by atoms with E-state index in [0.717, 1.165) is 30.2 Å². The number of likely N-dealkylation sites (N-methyl/N-ethyl adjacent to an activating group) is 1. The summed E-state index contributed by atoms with van der Waals surface area (Å²) in [6.07, 6.45) is 0. The van der Waals surface area contributed by atoms with Gasteiger partial charge in [-0.05, 0) is 50.7 Å². The molecule has 1 aromatic heterocycles. The van der Waals surface area contributed by atoms with Crippen LogP contribution in [0.15, 0.2) is 30.3 Å². The van der Waals surface area contributed by atoms with Gasteiger partial charge in [0.15, 0.2) is 0 Å². The number of rotatable bonds is 6. The van der Waals surface area contributed by atoms with E-state index < -0.39 is 0 Å². The number of amides is 1. The standard InChI is InChI=1S/C16H22N4O/c1-4-17-9-10-18-16(21)14-5-7-15(8-6-14)20-13(3)11-12(2)19-20/h5-8,11,17H,4,9-10H2,1-3H3,(H,18,21). The Bertz CT molecular complexity index is 601. The highest BCUT2D eigenvalue weighted by Crippen LogP contribution is 2.13. The Kier molecular flexibility index (Phi) is 5.11. The first-order valence-corrected chi connectivity index (χ1v) is 7.24. The van der Waals surface area contributed by atoms with Crippen LogP contribution in [-0.2, 0) is 0 Å². The zero-order valence-electron chi connectivity index (χ0n) is 12.8. The van der Waals surface area contributed by atoms with Gasteiger partial charge < -0.3 is 10.6 Å². The van der Waals surface area contributed by atoms with Crippen LogP contribution in [0.3, 0.4) is 0 Å². The molecule has 0 saturated heterocycles. The molecule has 1 aromatic carbocycles. The van der Waals surface area contributed by atoms with Crippen molar-refractivity contribution in [2.75, 3.05) is 19.6 Å². The first-order valence-electron chi connectivity index (χ1n) is 7.24. The zero-order chi connectivity index (χ0) is 15.2. The van der Waals surface area contributed by atoms with Crippen molar-refractivity contribution < 1.29 is 4.79 Å². The Hall–Kier alpha value is -2.14. The Morgan fingerprint density at radius 3 is 2.48 bits per heavy atom. The Balaban J connectivity index is 2.02. The zero-order valence-corrected chi connectivity index (χ0v) is 12.8. The first kappa shape index (κ1) is 15.3. The van der Waals surface area contributed by atoms with Crippen LogP contribution in [0.1, 0.15) is 28.7 Å². The lowest BCUT2D eigenvalue weighted by Crippen LogP contribution is -2.31. The molecular weight excluding hydrogens is 264 g/mol. The molecule has 2 rings (SSSR count). The lowest BCUT2D eigenvalue weighted by molar-refractivity contribution is 0.0954. The van der Waals surface area contributed by atoms with Crippen LogP contribution in [0.5, 0.6) is 0 Å². The first-order chi connectivity index (χ1) is 10.1. The van der Waals surface area contributed by atoms with Crippen LogP contribution < -0.4 is 10.6 Å². The minimum atomic E-state index is -0.0483. The largest absolute Gasteiger partial charge is 0.351 e. The molecule has 21 heavy (non-hydrogen) atoms. The summed E-state index contributed by atoms with van der Waals surface area (Å²) in [4.78, 5) is 12.0. The molecule has 0 aliphatic rings. The number of benzene rings is 1. The summed E-state index contributed by atoms with van der Waals surface area (Å²) in [5, 5.41) is 10.5. The van der Waals surface area contributed by atoms with Crippen molar-refractivity contribution in [3.05, 3.63) is 47.3 Å². The van der Waals surface area contributed by atoms with Crippen molar-refractivity contribution in [1.82, 2.24) is 20.4 Å². The van der Waals surface area contributed by atoms with E-state index >= 15 is 0 Å². The number of hydrogen-bond donors (Lipinski definition) is 2. The minimum absolute atomic E-state index is 0.0483. The fourth-order valence-electron chi connectivity index (χ4n) is 2.19. The predicted octanol–water partition coefficient (Wildman–Crippen LogP) is 1.83. The van der Waals surface area contributed by atoms with Gasteiger partial charge in [0.1, 0.15) is 0 Å². The molecule has 2 aromatic rings. The molecule has 0 bridgehead atoms. The molecular formula is C16H22N4O. The van der Waals surface area contributed by atoms with Crippen molar-refractivity contribution in [3.8, 4) is 5.69 Å². The van der Waals surface area contributed by atoms with Gasteiger partial charge in [0.05, 0.1) is 11.4 Å². The molecule has 1 heterocycles. The van der Waals surface area contributed by atoms with E-state index in [1.54, 1.807) is 0 Å². The molecule has 1 amide bonds. The van der Waals surface area contributed by atoms with E-state index in [9.17, 15) is 4.79 Å². The predicted molar refractivity (Wildman–Crippen MR) is 83.9 cm³/mol. The van der Waals surface area contributed by atoms with E-state index in [1.807, 2.05) is 55.8 Å². The number of hydrogen-bond acceptors (Lipinski definition) is 3. The highest BCUT2D eigenvalue weighted by atomic mass is 16.1. The van der Waals surface area contributed by atoms with Gasteiger partial charge in [0.2, 0.25) is 0 Å². The Labute approximate surface area is 125 Å². The van der Waals surface area contributed by atoms with Gasteiger partial charge in [-0.1, -0.05) is 6.92 Å². The van der Waals surface area contributed by atoms with Gasteiger partial charge in [-0.2, -0.15) is 5.10 Å². The molecule has 5 nitrogen and oxygen atoms in total. The average molecular weight is 286 g/mol. The molecule has 0 radical (unpaired) electrons. The lowest BCUT2D eigenvalue weighted by Gasteiger charge is -2.07. The molecule has 2 N–H and O–H groups in total. The SMILES string of the molecule is CCNCCNC(=O)c1ccc(-n2nc(C)cc2C)cc1. The number of nitrogens with one attached hydrogen (secondary N) is 2. The van der Waals surface area contributed by atoms with Crippen molar-refractivity contribution in [2.45, 2.75) is 20.8 Å². The molecule has 0 atom stereocenters. The molecule has 5 heteroatoms. The molecule has 112 valence electrons. The molecule has 0 aliphatic carbocycles. The van der Waals surface area contributed by atoms with E-state index in [0.29, 0.717) is 12.1 Å². The monoisotopic (exact) mass is 286 g/mol. The third-order valence-corrected chi connectivity index (χ3v) is 3.22. The third-order valence-electron chi connectivity index (χ3n) is 3.22. The van der Waals surface area contributed by atoms with Gasteiger partial charge in [-0.25, -0.2) is 4.68 Å². The maximum Gasteiger partial charge on any atom is 0.251 e. The second kappa shape index (κ2) is 7.04. The number of carbonyl (C=O) groups is 1. The summed E-state index contributed by atoms with van der Waals surface area (Å²) in [6.45, 7) is 8.35. The number of nitrogens with zero attached hydrogens (tertiary/aromatic N) is 2. The maximum absolute atomic E-state index is 12.0. The molecule has 0 fully saturated rings. The summed E-state index contributed by atoms with van der Waals surface area (Å²) in [5.41, 5.74) is 3.69. The smallest absolute Gasteiger partial charge is 0.251 e. The summed E-state index contributed by atoms with van der Waals surface area (Å²) in [6, 6.07) is 9.52. The van der Waals surface area contributed by atoms with Crippen LogP contribution in [0, 0.1) is 13.8 Å². The Morgan fingerprint density at radius 2 is 1.90 bits per heavy atom. The Morgan fingerprint density at radius 1 is 1.19 bits per heavy atom. The number of aromatic nitrogens is 2. The summed E-state index contributed by atoms with van der Waals surface area (Å²) in [5.74, 6) is -0.0483. The second-order valence-electron chi connectivity index (χ2n) is 5.00. The molecule has 0 unspecified atom stereocenters. The summed E-state index contributed by atoms with van der Waals surface area (Å²) >= 11 is 0. The van der Waals surface area contributed by atoms with Crippen molar-refractivity contribution >= 4 is 5.91 Å². The normalized spacial score (nSPS) is 10.6. The lowest BCUT2D eigenvalue weighted by atomic mass is 10.2. The highest BCUT2D eigenvalue weighted by molar-refractivity contribution is 5.94. The van der Waals surface area contributed by atoms with Crippen LogP contribution in [0.4, 0.5) is 0 Å². The van der Waals surface area contributed by atoms with E-state index in [4.69, 9.17) is 0 Å². The van der Waals surface area contributed by atoms with Gasteiger partial charge in [0.25, 0.3) is 5.91 Å². The second-order valence-corrected chi connectivity index (χ2v) is 5.00. The van der Waals surface area contributed by atoms with E-state index in [1.165, 1.54) is 0 Å². The van der Waals surface area contributed by atoms with Crippen LogP contribution in [0.2, 0.25) is 0 Å². The third kappa shape index (κ3) is 3.92. The molecule has 0 saturated carbocycles. The van der Waals surface area contributed by atoms with Crippen LogP contribution in [0.25, 0.3) is 5.69 Å². The van der Waals surface area contributed by atoms with Crippen molar-refractivity contribution in [3.63, 3.8) is 0 Å². The van der Waals surface area contributed by atoms with E-state index in [2.05, 4.69) is 15.7 Å². The fraction of sp³-hybridized carbons (Fsp3) is 0.375. The maximum atomic E-state index is 12.0. The van der Waals surface area contributed by atoms with Gasteiger partial charge in [-0.15, -0.1) is 0 Å². The minimum Gasteiger partial charge on any atom is -0.351 e. The van der Waals surface area contributed by atoms with Crippen molar-refractivity contribution in [2.24, 2.45) is 0 Å². The molecule has 0 aliphatic heterocycles. The number of carbonyl (C=O) groups excluding carboxylic acids is 1. The average Bonchev–Trinajstić information content (AvgIpc) is 2.82. The van der Waals surface area contributed by atoms with Crippen LogP contribution >= 0.6 is 0 Å². The number of aryl methyl sites for hydroxylation is 2. The summed E-state index contributed by atoms with van der Waals surface area (Å²) in [7, 11) is 0. The van der Waals surface area contributed by atoms with Crippen molar-refractivity contribution in [1.29, 1.82) is 0 Å². The topological polar surface area (TPSA) is 58.9 Å². The molecule has 0 spiro atoms. The van der Waals surface area contributed by atoms with Gasteiger partial charge in [-0.3, -0.25) is 4.79 Å². The highest BCUT2D eigenvalue weighted by Gasteiger charge is 2.07. The quantitative estimate of drug-likeness (QED) is 0.797. The van der Waals surface area contributed by atoms with E-state index in [-0.39, 0.29) is 5.91 Å². The fourth-order valence-corrected chi connectivity index (χ4v) is 2.19. The van der Waals surface area contributed by atoms with Gasteiger partial charge in [0, 0.05) is 24.3 Å². The van der Waals surface area contributed by atoms with Gasteiger partial charge >= 0.3 is 0 Å². The summed E-state index contributed by atoms with van der Waals surface area (Å²) < 4.78 is 1.88. The van der Waals surface area contributed by atoms with Crippen LogP contribution in [-0.4, -0.2) is 35.3 Å².